The van der Waals surface area contributed by atoms with Gasteiger partial charge < -0.3 is 5.32 Å². The van der Waals surface area contributed by atoms with Gasteiger partial charge in [-0.25, -0.2) is 9.37 Å². The van der Waals surface area contributed by atoms with Gasteiger partial charge in [-0.2, -0.15) is 0 Å². The Hall–Kier alpha value is -0.780. The number of benzene rings is 1. The second-order valence-corrected chi connectivity index (χ2v) is 5.89. The van der Waals surface area contributed by atoms with Crippen LogP contribution >= 0.6 is 27.3 Å². The van der Waals surface area contributed by atoms with Gasteiger partial charge in [0.05, 0.1) is 9.48 Å². The van der Waals surface area contributed by atoms with Crippen LogP contribution in [0.3, 0.4) is 0 Å². The maximum Gasteiger partial charge on any atom is 0.133 e. The van der Waals surface area contributed by atoms with Gasteiger partial charge in [0, 0.05) is 18.5 Å². The fourth-order valence-electron chi connectivity index (χ4n) is 1.48. The van der Waals surface area contributed by atoms with Gasteiger partial charge in [-0.15, -0.1) is 11.3 Å². The van der Waals surface area contributed by atoms with E-state index in [0.29, 0.717) is 5.56 Å². The molecule has 2 rings (SSSR count). The summed E-state index contributed by atoms with van der Waals surface area (Å²) in [6, 6.07) is 6.71. The zero-order chi connectivity index (χ0) is 12.3. The summed E-state index contributed by atoms with van der Waals surface area (Å²) in [5.41, 5.74) is 1.54. The molecule has 0 aliphatic rings. The molecule has 1 aromatic carbocycles. The molecule has 0 fully saturated rings. The third-order valence-electron chi connectivity index (χ3n) is 2.37. The van der Waals surface area contributed by atoms with Crippen LogP contribution in [0.2, 0.25) is 0 Å². The Morgan fingerprint density at radius 1 is 1.41 bits per heavy atom. The van der Waals surface area contributed by atoms with Gasteiger partial charge in [0.15, 0.2) is 0 Å². The van der Waals surface area contributed by atoms with Gasteiger partial charge >= 0.3 is 0 Å². The highest BCUT2D eigenvalue weighted by molar-refractivity contribution is 9.11. The molecule has 2 nitrogen and oxygen atoms in total. The summed E-state index contributed by atoms with van der Waals surface area (Å²) in [5, 5.41) is 3.80. The van der Waals surface area contributed by atoms with Gasteiger partial charge in [0.2, 0.25) is 0 Å². The van der Waals surface area contributed by atoms with Crippen molar-refractivity contribution in [2.45, 2.75) is 6.42 Å². The summed E-state index contributed by atoms with van der Waals surface area (Å²) in [7, 11) is 1.90. The lowest BCUT2D eigenvalue weighted by molar-refractivity contribution is 0.631. The molecule has 1 N–H and O–H groups in total. The van der Waals surface area contributed by atoms with Crippen LogP contribution in [0.15, 0.2) is 28.1 Å². The first-order valence-corrected chi connectivity index (χ1v) is 6.88. The zero-order valence-electron chi connectivity index (χ0n) is 9.34. The quantitative estimate of drug-likeness (QED) is 0.934. The molecule has 1 aromatic heterocycles. The van der Waals surface area contributed by atoms with E-state index in [1.807, 2.05) is 13.1 Å². The lowest BCUT2D eigenvalue weighted by Gasteiger charge is -1.97. The average Bonchev–Trinajstić information content (AvgIpc) is 2.68. The van der Waals surface area contributed by atoms with Crippen LogP contribution in [0.1, 0.15) is 5.69 Å². The average molecular weight is 315 g/mol. The van der Waals surface area contributed by atoms with Gasteiger partial charge in [-0.05, 0) is 35.1 Å². The van der Waals surface area contributed by atoms with Gasteiger partial charge in [0.1, 0.15) is 10.8 Å². The SMILES string of the molecule is CNCCc1nc(-c2ccccc2F)sc1Br. The normalized spacial score (nSPS) is 10.8. The van der Waals surface area contributed by atoms with Crippen molar-refractivity contribution in [2.24, 2.45) is 0 Å². The van der Waals surface area contributed by atoms with Crippen molar-refractivity contribution in [3.05, 3.63) is 39.6 Å². The van der Waals surface area contributed by atoms with Crippen molar-refractivity contribution in [3.8, 4) is 10.6 Å². The molecule has 0 radical (unpaired) electrons. The topological polar surface area (TPSA) is 24.9 Å². The largest absolute Gasteiger partial charge is 0.319 e. The first-order chi connectivity index (χ1) is 8.22. The highest BCUT2D eigenvalue weighted by Crippen LogP contribution is 2.33. The lowest BCUT2D eigenvalue weighted by atomic mass is 10.2. The van der Waals surface area contributed by atoms with Crippen molar-refractivity contribution in [1.29, 1.82) is 0 Å². The molecule has 0 saturated heterocycles. The molecule has 1 heterocycles. The van der Waals surface area contributed by atoms with Crippen LogP contribution in [0.5, 0.6) is 0 Å². The van der Waals surface area contributed by atoms with E-state index < -0.39 is 0 Å². The van der Waals surface area contributed by atoms with Crippen LogP contribution in [0.25, 0.3) is 10.6 Å². The molecule has 17 heavy (non-hydrogen) atoms. The number of nitrogens with one attached hydrogen (secondary N) is 1. The maximum absolute atomic E-state index is 13.6. The van der Waals surface area contributed by atoms with E-state index >= 15 is 0 Å². The van der Waals surface area contributed by atoms with Crippen LogP contribution in [-0.2, 0) is 6.42 Å². The summed E-state index contributed by atoms with van der Waals surface area (Å²) in [4.78, 5) is 4.47. The number of hydrogen-bond acceptors (Lipinski definition) is 3. The minimum absolute atomic E-state index is 0.228. The standard InChI is InChI=1S/C12H12BrFN2S/c1-15-7-6-10-11(13)17-12(16-10)8-4-2-3-5-9(8)14/h2-5,15H,6-7H2,1H3. The number of aromatic nitrogens is 1. The molecule has 90 valence electrons. The second kappa shape index (κ2) is 5.71. The molecular weight excluding hydrogens is 303 g/mol. The summed E-state index contributed by atoms with van der Waals surface area (Å²) in [5.74, 6) is -0.228. The maximum atomic E-state index is 13.6. The van der Waals surface area contributed by atoms with Crippen molar-refractivity contribution >= 4 is 27.3 Å². The Morgan fingerprint density at radius 2 is 2.18 bits per heavy atom. The van der Waals surface area contributed by atoms with E-state index in [2.05, 4.69) is 26.2 Å². The van der Waals surface area contributed by atoms with Crippen LogP contribution in [0, 0.1) is 5.82 Å². The molecule has 5 heteroatoms. The number of hydrogen-bond donors (Lipinski definition) is 1. The Labute approximate surface area is 112 Å². The Balaban J connectivity index is 2.31. The Bertz CT molecular complexity index is 513. The van der Waals surface area contributed by atoms with E-state index in [4.69, 9.17) is 0 Å². The predicted molar refractivity (Wildman–Crippen MR) is 72.8 cm³/mol. The van der Waals surface area contributed by atoms with E-state index in [9.17, 15) is 4.39 Å². The Kier molecular flexibility index (Phi) is 4.25. The number of nitrogens with zero attached hydrogens (tertiary/aromatic N) is 1. The summed E-state index contributed by atoms with van der Waals surface area (Å²) >= 11 is 4.94. The second-order valence-electron chi connectivity index (χ2n) is 3.57. The first-order valence-electron chi connectivity index (χ1n) is 5.27. The number of halogens is 2. The number of rotatable bonds is 4. The van der Waals surface area contributed by atoms with E-state index in [1.165, 1.54) is 17.4 Å². The van der Waals surface area contributed by atoms with Gasteiger partial charge in [-0.1, -0.05) is 12.1 Å². The van der Waals surface area contributed by atoms with Crippen molar-refractivity contribution in [3.63, 3.8) is 0 Å². The minimum atomic E-state index is -0.228. The fraction of sp³-hybridized carbons (Fsp3) is 0.250. The molecule has 0 spiro atoms. The van der Waals surface area contributed by atoms with Crippen molar-refractivity contribution < 1.29 is 4.39 Å². The summed E-state index contributed by atoms with van der Waals surface area (Å²) in [6.07, 6.45) is 0.835. The molecular formula is C12H12BrFN2S. The Morgan fingerprint density at radius 3 is 2.88 bits per heavy atom. The van der Waals surface area contributed by atoms with E-state index in [1.54, 1.807) is 12.1 Å². The predicted octanol–water partition coefficient (Wildman–Crippen LogP) is 3.47. The zero-order valence-corrected chi connectivity index (χ0v) is 11.7. The molecule has 0 aliphatic carbocycles. The summed E-state index contributed by atoms with van der Waals surface area (Å²) in [6.45, 7) is 0.860. The third-order valence-corrected chi connectivity index (χ3v) is 4.23. The first kappa shape index (κ1) is 12.7. The number of likely N-dealkylation sites (N-methyl/N-ethyl adjacent to an activating group) is 1. The number of thiazole rings is 1. The summed E-state index contributed by atoms with van der Waals surface area (Å²) < 4.78 is 14.6. The third kappa shape index (κ3) is 2.91. The van der Waals surface area contributed by atoms with E-state index in [-0.39, 0.29) is 5.82 Å². The van der Waals surface area contributed by atoms with Gasteiger partial charge in [0.25, 0.3) is 0 Å². The molecule has 0 atom stereocenters. The molecule has 0 aliphatic heterocycles. The van der Waals surface area contributed by atoms with Crippen LogP contribution in [-0.4, -0.2) is 18.6 Å². The monoisotopic (exact) mass is 314 g/mol. The van der Waals surface area contributed by atoms with Crippen molar-refractivity contribution in [2.75, 3.05) is 13.6 Å². The highest BCUT2D eigenvalue weighted by Gasteiger charge is 2.12. The van der Waals surface area contributed by atoms with Crippen LogP contribution < -0.4 is 5.32 Å². The van der Waals surface area contributed by atoms with Crippen LogP contribution in [0.4, 0.5) is 4.39 Å². The molecule has 2 aromatic rings. The highest BCUT2D eigenvalue weighted by atomic mass is 79.9. The molecule has 0 unspecified atom stereocenters. The fourth-order valence-corrected chi connectivity index (χ4v) is 3.09. The van der Waals surface area contributed by atoms with E-state index in [0.717, 1.165) is 27.5 Å². The minimum Gasteiger partial charge on any atom is -0.319 e. The smallest absolute Gasteiger partial charge is 0.133 e. The molecule has 0 amide bonds. The van der Waals surface area contributed by atoms with Crippen molar-refractivity contribution in [1.82, 2.24) is 10.3 Å². The van der Waals surface area contributed by atoms with Gasteiger partial charge in [-0.3, -0.25) is 0 Å². The molecule has 0 bridgehead atoms. The molecule has 0 saturated carbocycles. The lowest BCUT2D eigenvalue weighted by Crippen LogP contribution is -2.10.